The van der Waals surface area contributed by atoms with Crippen molar-refractivity contribution >= 4 is 33.9 Å². The van der Waals surface area contributed by atoms with Gasteiger partial charge in [0.2, 0.25) is 0 Å². The summed E-state index contributed by atoms with van der Waals surface area (Å²) in [4.78, 5) is 9.98. The van der Waals surface area contributed by atoms with E-state index in [0.717, 1.165) is 0 Å². The lowest BCUT2D eigenvalue weighted by molar-refractivity contribution is -0.384. The molecule has 2 aromatic rings. The molecule has 0 aliphatic rings. The summed E-state index contributed by atoms with van der Waals surface area (Å²) in [7, 11) is 0. The molecule has 1 aromatic carbocycles. The molecule has 3 N–H and O–H groups in total. The van der Waals surface area contributed by atoms with Gasteiger partial charge in [-0.2, -0.15) is 5.10 Å². The van der Waals surface area contributed by atoms with Gasteiger partial charge in [-0.25, -0.2) is 0 Å². The second-order valence-electron chi connectivity index (χ2n) is 2.73. The Balaban J connectivity index is 2.82. The second kappa shape index (κ2) is 2.85. The molecule has 1 aromatic heterocycles. The molecule has 6 nitrogen and oxygen atoms in total. The molecule has 0 aliphatic heterocycles. The van der Waals surface area contributed by atoms with Crippen LogP contribution in [0.2, 0.25) is 5.15 Å². The van der Waals surface area contributed by atoms with Crippen LogP contribution >= 0.6 is 11.6 Å². The van der Waals surface area contributed by atoms with Gasteiger partial charge in [0.25, 0.3) is 5.69 Å². The van der Waals surface area contributed by atoms with E-state index in [9.17, 15) is 10.1 Å². The quantitative estimate of drug-likeness (QED) is 0.427. The summed E-state index contributed by atoms with van der Waals surface area (Å²) in [6, 6.07) is 2.58. The van der Waals surface area contributed by atoms with E-state index in [2.05, 4.69) is 10.2 Å². The summed E-state index contributed by atoms with van der Waals surface area (Å²) >= 11 is 5.73. The SMILES string of the molecule is Nc1cc([N+](=O)[O-])cc2c(Cl)[nH]nc12. The van der Waals surface area contributed by atoms with Gasteiger partial charge >= 0.3 is 0 Å². The van der Waals surface area contributed by atoms with Crippen molar-refractivity contribution in [3.63, 3.8) is 0 Å². The molecule has 7 heteroatoms. The van der Waals surface area contributed by atoms with Gasteiger partial charge in [-0.1, -0.05) is 11.6 Å². The number of hydrogen-bond donors (Lipinski definition) is 2. The number of anilines is 1. The third-order valence-electron chi connectivity index (χ3n) is 1.84. The number of benzene rings is 1. The molecular formula is C7H5ClN4O2. The van der Waals surface area contributed by atoms with Crippen LogP contribution in [0.4, 0.5) is 11.4 Å². The van der Waals surface area contributed by atoms with Crippen molar-refractivity contribution in [1.29, 1.82) is 0 Å². The first-order valence-corrected chi connectivity index (χ1v) is 4.05. The van der Waals surface area contributed by atoms with Crippen LogP contribution in [-0.4, -0.2) is 15.1 Å². The third-order valence-corrected chi connectivity index (χ3v) is 2.13. The Morgan fingerprint density at radius 1 is 1.57 bits per heavy atom. The van der Waals surface area contributed by atoms with Crippen LogP contribution in [0.25, 0.3) is 10.9 Å². The van der Waals surface area contributed by atoms with Crippen molar-refractivity contribution < 1.29 is 4.92 Å². The van der Waals surface area contributed by atoms with E-state index >= 15 is 0 Å². The number of nitrogens with one attached hydrogen (secondary N) is 1. The molecule has 0 atom stereocenters. The lowest BCUT2D eigenvalue weighted by Gasteiger charge is -1.95. The van der Waals surface area contributed by atoms with Crippen LogP contribution < -0.4 is 5.73 Å². The van der Waals surface area contributed by atoms with E-state index in [4.69, 9.17) is 17.3 Å². The zero-order valence-electron chi connectivity index (χ0n) is 6.82. The van der Waals surface area contributed by atoms with Crippen molar-refractivity contribution in [2.75, 3.05) is 5.73 Å². The van der Waals surface area contributed by atoms with Gasteiger partial charge in [0, 0.05) is 17.5 Å². The number of nitrogens with zero attached hydrogens (tertiary/aromatic N) is 2. The van der Waals surface area contributed by atoms with Crippen molar-refractivity contribution in [2.45, 2.75) is 0 Å². The van der Waals surface area contributed by atoms with Crippen molar-refractivity contribution in [3.8, 4) is 0 Å². The monoisotopic (exact) mass is 212 g/mol. The fourth-order valence-corrected chi connectivity index (χ4v) is 1.39. The van der Waals surface area contributed by atoms with Crippen LogP contribution in [0.1, 0.15) is 0 Å². The molecule has 72 valence electrons. The predicted molar refractivity (Wildman–Crippen MR) is 52.2 cm³/mol. The van der Waals surface area contributed by atoms with Gasteiger partial charge in [0.15, 0.2) is 0 Å². The molecule has 0 radical (unpaired) electrons. The van der Waals surface area contributed by atoms with Crippen LogP contribution in [0.15, 0.2) is 12.1 Å². The number of nitro groups is 1. The predicted octanol–water partition coefficient (Wildman–Crippen LogP) is 1.71. The Bertz CT molecular complexity index is 522. The molecule has 14 heavy (non-hydrogen) atoms. The molecule has 0 amide bonds. The van der Waals surface area contributed by atoms with E-state index in [0.29, 0.717) is 10.9 Å². The lowest BCUT2D eigenvalue weighted by Crippen LogP contribution is -1.92. The standard InChI is InChI=1S/C7H5ClN4O2/c8-7-4-1-3(12(13)14)2-5(9)6(4)10-11-7/h1-2H,9H2,(H,10,11). The summed E-state index contributed by atoms with van der Waals surface area (Å²) in [5, 5.41) is 17.5. The van der Waals surface area contributed by atoms with Gasteiger partial charge in [-0.05, 0) is 0 Å². The topological polar surface area (TPSA) is 97.8 Å². The number of non-ortho nitro benzene ring substituents is 1. The number of hydrogen-bond acceptors (Lipinski definition) is 4. The number of aromatic nitrogens is 2. The first-order valence-electron chi connectivity index (χ1n) is 3.67. The number of nitro benzene ring substituents is 1. The molecule has 0 saturated heterocycles. The van der Waals surface area contributed by atoms with E-state index in [1.165, 1.54) is 12.1 Å². The minimum atomic E-state index is -0.529. The van der Waals surface area contributed by atoms with Gasteiger partial charge in [-0.3, -0.25) is 15.2 Å². The first kappa shape index (κ1) is 8.76. The maximum absolute atomic E-state index is 10.5. The average molecular weight is 213 g/mol. The summed E-state index contributed by atoms with van der Waals surface area (Å²) in [5.41, 5.74) is 6.14. The highest BCUT2D eigenvalue weighted by Crippen LogP contribution is 2.29. The molecule has 0 bridgehead atoms. The summed E-state index contributed by atoms with van der Waals surface area (Å²) in [6.45, 7) is 0. The summed E-state index contributed by atoms with van der Waals surface area (Å²) < 4.78 is 0. The number of nitrogen functional groups attached to an aromatic ring is 1. The highest BCUT2D eigenvalue weighted by molar-refractivity contribution is 6.34. The van der Waals surface area contributed by atoms with Gasteiger partial charge < -0.3 is 5.73 Å². The highest BCUT2D eigenvalue weighted by atomic mass is 35.5. The average Bonchev–Trinajstić information content (AvgIpc) is 2.48. The molecular weight excluding hydrogens is 208 g/mol. The van der Waals surface area contributed by atoms with E-state index in [-0.39, 0.29) is 16.5 Å². The van der Waals surface area contributed by atoms with Crippen LogP contribution in [0.3, 0.4) is 0 Å². The Kier molecular flexibility index (Phi) is 1.78. The Labute approximate surface area is 82.8 Å². The van der Waals surface area contributed by atoms with Gasteiger partial charge in [0.1, 0.15) is 10.7 Å². The zero-order chi connectivity index (χ0) is 10.3. The van der Waals surface area contributed by atoms with Crippen LogP contribution in [-0.2, 0) is 0 Å². The maximum Gasteiger partial charge on any atom is 0.272 e. The normalized spacial score (nSPS) is 10.6. The van der Waals surface area contributed by atoms with E-state index in [1.54, 1.807) is 0 Å². The van der Waals surface area contributed by atoms with Crippen molar-refractivity contribution in [2.24, 2.45) is 0 Å². The second-order valence-corrected chi connectivity index (χ2v) is 3.10. The maximum atomic E-state index is 10.5. The minimum Gasteiger partial charge on any atom is -0.397 e. The number of fused-ring (bicyclic) bond motifs is 1. The molecule has 2 rings (SSSR count). The summed E-state index contributed by atoms with van der Waals surface area (Å²) in [6.07, 6.45) is 0. The third kappa shape index (κ3) is 1.16. The smallest absolute Gasteiger partial charge is 0.272 e. The molecule has 0 saturated carbocycles. The zero-order valence-corrected chi connectivity index (χ0v) is 7.58. The number of nitrogens with two attached hydrogens (primary N) is 1. The van der Waals surface area contributed by atoms with Gasteiger partial charge in [-0.15, -0.1) is 0 Å². The highest BCUT2D eigenvalue weighted by Gasteiger charge is 2.13. The number of rotatable bonds is 1. The summed E-state index contributed by atoms with van der Waals surface area (Å²) in [5.74, 6) is 0. The lowest BCUT2D eigenvalue weighted by atomic mass is 10.2. The number of aromatic amines is 1. The van der Waals surface area contributed by atoms with E-state index in [1.807, 2.05) is 0 Å². The minimum absolute atomic E-state index is 0.0988. The molecule has 0 fully saturated rings. The Hall–Kier alpha value is -1.82. The van der Waals surface area contributed by atoms with Crippen LogP contribution in [0.5, 0.6) is 0 Å². The largest absolute Gasteiger partial charge is 0.397 e. The fourth-order valence-electron chi connectivity index (χ4n) is 1.20. The Morgan fingerprint density at radius 3 is 2.93 bits per heavy atom. The first-order chi connectivity index (χ1) is 6.59. The van der Waals surface area contributed by atoms with Crippen molar-refractivity contribution in [3.05, 3.63) is 27.4 Å². The molecule has 0 spiro atoms. The van der Waals surface area contributed by atoms with E-state index < -0.39 is 4.92 Å². The fraction of sp³-hybridized carbons (Fsp3) is 0. The molecule has 0 unspecified atom stereocenters. The molecule has 1 heterocycles. The van der Waals surface area contributed by atoms with Crippen molar-refractivity contribution in [1.82, 2.24) is 10.2 Å². The van der Waals surface area contributed by atoms with Crippen LogP contribution in [0, 0.1) is 10.1 Å². The molecule has 0 aliphatic carbocycles. The number of halogens is 1. The Morgan fingerprint density at radius 2 is 2.29 bits per heavy atom. The van der Waals surface area contributed by atoms with Gasteiger partial charge in [0.05, 0.1) is 10.6 Å². The number of H-pyrrole nitrogens is 1.